The molecule has 2 fully saturated rings. The summed E-state index contributed by atoms with van der Waals surface area (Å²) in [5.74, 6) is 0.243. The summed E-state index contributed by atoms with van der Waals surface area (Å²) in [6, 6.07) is 18.7. The molecule has 0 saturated carbocycles. The van der Waals surface area contributed by atoms with E-state index in [1.54, 1.807) is 0 Å². The zero-order chi connectivity index (χ0) is 21.6. The summed E-state index contributed by atoms with van der Waals surface area (Å²) in [6.45, 7) is 3.35. The second-order valence-electron chi connectivity index (χ2n) is 8.79. The largest absolute Gasteiger partial charge is 0.339 e. The lowest BCUT2D eigenvalue weighted by Crippen LogP contribution is -2.46. The van der Waals surface area contributed by atoms with Gasteiger partial charge in [-0.2, -0.15) is 0 Å². The smallest absolute Gasteiger partial charge is 0.253 e. The van der Waals surface area contributed by atoms with E-state index in [4.69, 9.17) is 0 Å². The summed E-state index contributed by atoms with van der Waals surface area (Å²) < 4.78 is 0. The third-order valence-corrected chi connectivity index (χ3v) is 6.70. The molecule has 0 aromatic heterocycles. The lowest BCUT2D eigenvalue weighted by atomic mass is 10.0. The van der Waals surface area contributed by atoms with Crippen LogP contribution in [0.2, 0.25) is 0 Å². The SMILES string of the molecule is CN(CCc1ccccc1)C1CCN(C(=O)c2cccc(N3CCCCC3=O)c2)CC1.Cl. The van der Waals surface area contributed by atoms with E-state index in [2.05, 4.69) is 42.3 Å². The van der Waals surface area contributed by atoms with Crippen LogP contribution in [-0.2, 0) is 11.2 Å². The van der Waals surface area contributed by atoms with Gasteiger partial charge < -0.3 is 14.7 Å². The first-order valence-corrected chi connectivity index (χ1v) is 11.6. The van der Waals surface area contributed by atoms with Gasteiger partial charge in [-0.15, -0.1) is 12.4 Å². The van der Waals surface area contributed by atoms with E-state index in [0.29, 0.717) is 18.0 Å². The molecule has 0 unspecified atom stereocenters. The number of rotatable bonds is 6. The van der Waals surface area contributed by atoms with Crippen molar-refractivity contribution in [3.05, 3.63) is 65.7 Å². The molecule has 6 heteroatoms. The fourth-order valence-corrected chi connectivity index (χ4v) is 4.71. The number of likely N-dealkylation sites (N-methyl/N-ethyl adjacent to an activating group) is 1. The highest BCUT2D eigenvalue weighted by molar-refractivity contribution is 5.98. The Morgan fingerprint density at radius 2 is 1.75 bits per heavy atom. The zero-order valence-corrected chi connectivity index (χ0v) is 19.7. The highest BCUT2D eigenvalue weighted by atomic mass is 35.5. The minimum absolute atomic E-state index is 0. The number of anilines is 1. The number of likely N-dealkylation sites (tertiary alicyclic amines) is 1. The van der Waals surface area contributed by atoms with E-state index in [1.165, 1.54) is 5.56 Å². The van der Waals surface area contributed by atoms with Crippen LogP contribution in [0, 0.1) is 0 Å². The topological polar surface area (TPSA) is 43.9 Å². The maximum atomic E-state index is 13.1. The van der Waals surface area contributed by atoms with Crippen molar-refractivity contribution in [1.29, 1.82) is 0 Å². The zero-order valence-electron chi connectivity index (χ0n) is 18.9. The summed E-state index contributed by atoms with van der Waals surface area (Å²) in [5, 5.41) is 0. The third kappa shape index (κ3) is 5.90. The fraction of sp³-hybridized carbons (Fsp3) is 0.462. The molecule has 0 bridgehead atoms. The molecule has 0 radical (unpaired) electrons. The molecule has 2 aliphatic rings. The molecular weight excluding hydrogens is 422 g/mol. The highest BCUT2D eigenvalue weighted by Crippen LogP contribution is 2.24. The maximum Gasteiger partial charge on any atom is 0.253 e. The predicted octanol–water partition coefficient (Wildman–Crippen LogP) is 4.40. The molecule has 2 saturated heterocycles. The highest BCUT2D eigenvalue weighted by Gasteiger charge is 2.27. The molecule has 2 aromatic rings. The number of hydrogen-bond donors (Lipinski definition) is 0. The van der Waals surface area contributed by atoms with E-state index in [9.17, 15) is 9.59 Å². The first-order valence-electron chi connectivity index (χ1n) is 11.6. The number of carbonyl (C=O) groups excluding carboxylic acids is 2. The molecule has 5 nitrogen and oxygen atoms in total. The lowest BCUT2D eigenvalue weighted by Gasteiger charge is -2.37. The van der Waals surface area contributed by atoms with Crippen LogP contribution in [0.5, 0.6) is 0 Å². The molecule has 2 amide bonds. The lowest BCUT2D eigenvalue weighted by molar-refractivity contribution is -0.119. The molecule has 0 spiro atoms. The van der Waals surface area contributed by atoms with Crippen LogP contribution < -0.4 is 4.90 Å². The Morgan fingerprint density at radius 3 is 2.47 bits per heavy atom. The van der Waals surface area contributed by atoms with Crippen molar-refractivity contribution >= 4 is 29.9 Å². The van der Waals surface area contributed by atoms with Gasteiger partial charge >= 0.3 is 0 Å². The van der Waals surface area contributed by atoms with Gasteiger partial charge in [0.25, 0.3) is 5.91 Å². The van der Waals surface area contributed by atoms with Crippen molar-refractivity contribution in [2.24, 2.45) is 0 Å². The third-order valence-electron chi connectivity index (χ3n) is 6.70. The summed E-state index contributed by atoms with van der Waals surface area (Å²) in [7, 11) is 2.20. The average molecular weight is 456 g/mol. The maximum absolute atomic E-state index is 13.1. The number of halogens is 1. The quantitative estimate of drug-likeness (QED) is 0.648. The number of nitrogens with zero attached hydrogens (tertiary/aromatic N) is 3. The summed E-state index contributed by atoms with van der Waals surface area (Å²) in [5.41, 5.74) is 2.91. The molecule has 32 heavy (non-hydrogen) atoms. The monoisotopic (exact) mass is 455 g/mol. The Morgan fingerprint density at radius 1 is 1.00 bits per heavy atom. The second-order valence-corrected chi connectivity index (χ2v) is 8.79. The van der Waals surface area contributed by atoms with Crippen LogP contribution in [0.25, 0.3) is 0 Å². The van der Waals surface area contributed by atoms with Crippen molar-refractivity contribution in [3.63, 3.8) is 0 Å². The van der Waals surface area contributed by atoms with E-state index in [-0.39, 0.29) is 24.2 Å². The van der Waals surface area contributed by atoms with Gasteiger partial charge in [0, 0.05) is 49.9 Å². The van der Waals surface area contributed by atoms with Crippen LogP contribution in [0.15, 0.2) is 54.6 Å². The molecule has 0 N–H and O–H groups in total. The first kappa shape index (κ1) is 24.3. The second kappa shape index (κ2) is 11.5. The Kier molecular flexibility index (Phi) is 8.71. The summed E-state index contributed by atoms with van der Waals surface area (Å²) in [6.07, 6.45) is 5.64. The average Bonchev–Trinajstić information content (AvgIpc) is 2.83. The minimum Gasteiger partial charge on any atom is -0.339 e. The Hall–Kier alpha value is -2.37. The number of hydrogen-bond acceptors (Lipinski definition) is 3. The molecule has 4 rings (SSSR count). The van der Waals surface area contributed by atoms with Crippen molar-refractivity contribution in [1.82, 2.24) is 9.80 Å². The molecule has 2 aliphatic heterocycles. The van der Waals surface area contributed by atoms with Gasteiger partial charge in [0.1, 0.15) is 0 Å². The minimum atomic E-state index is 0. The van der Waals surface area contributed by atoms with Crippen molar-refractivity contribution in [3.8, 4) is 0 Å². The number of carbonyl (C=O) groups is 2. The number of amides is 2. The predicted molar refractivity (Wildman–Crippen MR) is 132 cm³/mol. The van der Waals surface area contributed by atoms with Gasteiger partial charge in [-0.05, 0) is 62.9 Å². The van der Waals surface area contributed by atoms with Crippen molar-refractivity contribution in [2.75, 3.05) is 38.1 Å². The summed E-state index contributed by atoms with van der Waals surface area (Å²) in [4.78, 5) is 31.6. The van der Waals surface area contributed by atoms with E-state index in [0.717, 1.165) is 64.0 Å². The van der Waals surface area contributed by atoms with Gasteiger partial charge in [0.2, 0.25) is 5.91 Å². The number of benzene rings is 2. The van der Waals surface area contributed by atoms with Crippen LogP contribution >= 0.6 is 12.4 Å². The van der Waals surface area contributed by atoms with E-state index in [1.807, 2.05) is 34.1 Å². The Balaban J connectivity index is 0.00000289. The van der Waals surface area contributed by atoms with Gasteiger partial charge in [-0.25, -0.2) is 0 Å². The van der Waals surface area contributed by atoms with Crippen molar-refractivity contribution in [2.45, 2.75) is 44.6 Å². The van der Waals surface area contributed by atoms with Gasteiger partial charge in [-0.1, -0.05) is 36.4 Å². The number of piperidine rings is 2. The Labute approximate surface area is 197 Å². The molecule has 2 heterocycles. The molecular formula is C26H34ClN3O2. The van der Waals surface area contributed by atoms with Crippen LogP contribution in [0.3, 0.4) is 0 Å². The van der Waals surface area contributed by atoms with E-state index >= 15 is 0 Å². The summed E-state index contributed by atoms with van der Waals surface area (Å²) >= 11 is 0. The fourth-order valence-electron chi connectivity index (χ4n) is 4.71. The first-order chi connectivity index (χ1) is 15.1. The normalized spacial score (nSPS) is 17.4. The molecule has 0 aliphatic carbocycles. The molecule has 0 atom stereocenters. The van der Waals surface area contributed by atoms with Gasteiger partial charge in [0.15, 0.2) is 0 Å². The van der Waals surface area contributed by atoms with Crippen LogP contribution in [0.1, 0.15) is 48.0 Å². The van der Waals surface area contributed by atoms with Crippen LogP contribution in [-0.4, -0.2) is 60.9 Å². The van der Waals surface area contributed by atoms with Crippen molar-refractivity contribution < 1.29 is 9.59 Å². The van der Waals surface area contributed by atoms with Gasteiger partial charge in [-0.3, -0.25) is 9.59 Å². The standard InChI is InChI=1S/C26H33N3O2.ClH/c1-27(17-13-21-8-3-2-4-9-21)23-14-18-28(19-15-23)26(31)22-10-7-11-24(20-22)29-16-6-5-12-25(29)30;/h2-4,7-11,20,23H,5-6,12-19H2,1H3;1H. The Bertz CT molecular complexity index is 897. The van der Waals surface area contributed by atoms with E-state index < -0.39 is 0 Å². The molecule has 172 valence electrons. The molecule has 2 aromatic carbocycles. The van der Waals surface area contributed by atoms with Gasteiger partial charge in [0.05, 0.1) is 0 Å². The van der Waals surface area contributed by atoms with Crippen LogP contribution in [0.4, 0.5) is 5.69 Å².